The summed E-state index contributed by atoms with van der Waals surface area (Å²) in [6, 6.07) is 14.6. The number of anilines is 2. The van der Waals surface area contributed by atoms with Crippen molar-refractivity contribution in [1.82, 2.24) is 0 Å². The number of nitrogen functional groups attached to an aromatic ring is 1. The fraction of sp³-hybridized carbons (Fsp3) is 0.133. The highest BCUT2D eigenvalue weighted by atomic mass is 35.5. The van der Waals surface area contributed by atoms with E-state index >= 15 is 0 Å². The van der Waals surface area contributed by atoms with E-state index in [0.29, 0.717) is 22.8 Å². The Balaban J connectivity index is 2.39. The van der Waals surface area contributed by atoms with Crippen LogP contribution >= 0.6 is 11.6 Å². The first kappa shape index (κ1) is 13.4. The quantitative estimate of drug-likeness (QED) is 0.870. The lowest BCUT2D eigenvalue weighted by molar-refractivity contribution is 0.0988. The third-order valence-electron chi connectivity index (χ3n) is 2.89. The molecule has 0 atom stereocenters. The van der Waals surface area contributed by atoms with Crippen LogP contribution in [0.15, 0.2) is 48.5 Å². The number of para-hydroxylation sites is 1. The third-order valence-corrected chi connectivity index (χ3v) is 3.31. The van der Waals surface area contributed by atoms with E-state index in [9.17, 15) is 4.79 Å². The fourth-order valence-electron chi connectivity index (χ4n) is 1.91. The summed E-state index contributed by atoms with van der Waals surface area (Å²) in [5.41, 5.74) is 7.41. The van der Waals surface area contributed by atoms with Gasteiger partial charge in [0.05, 0.1) is 16.3 Å². The molecule has 0 heterocycles. The molecule has 0 aromatic heterocycles. The SMILES string of the molecule is CCN(C(=O)c1cccc(N)c1Cl)c1ccccc1. The molecule has 0 bridgehead atoms. The number of carbonyl (C=O) groups excluding carboxylic acids is 1. The highest BCUT2D eigenvalue weighted by Crippen LogP contribution is 2.26. The first-order chi connectivity index (χ1) is 9.15. The molecular weight excluding hydrogens is 260 g/mol. The Kier molecular flexibility index (Phi) is 4.07. The Morgan fingerprint density at radius 2 is 1.84 bits per heavy atom. The largest absolute Gasteiger partial charge is 0.398 e. The number of hydrogen-bond acceptors (Lipinski definition) is 2. The molecule has 0 aliphatic rings. The Bertz CT molecular complexity index is 584. The van der Waals surface area contributed by atoms with Gasteiger partial charge in [-0.05, 0) is 31.2 Å². The van der Waals surface area contributed by atoms with Crippen LogP contribution in [0.1, 0.15) is 17.3 Å². The molecule has 0 saturated carbocycles. The lowest BCUT2D eigenvalue weighted by atomic mass is 10.1. The van der Waals surface area contributed by atoms with Crippen molar-refractivity contribution in [2.75, 3.05) is 17.2 Å². The van der Waals surface area contributed by atoms with Crippen LogP contribution in [0, 0.1) is 0 Å². The van der Waals surface area contributed by atoms with Gasteiger partial charge in [0.1, 0.15) is 0 Å². The van der Waals surface area contributed by atoms with Crippen LogP contribution in [0.5, 0.6) is 0 Å². The highest BCUT2D eigenvalue weighted by molar-refractivity contribution is 6.36. The van der Waals surface area contributed by atoms with E-state index in [1.54, 1.807) is 23.1 Å². The standard InChI is InChI=1S/C15H15ClN2O/c1-2-18(11-7-4-3-5-8-11)15(19)12-9-6-10-13(17)14(12)16/h3-10H,2,17H2,1H3. The average Bonchev–Trinajstić information content (AvgIpc) is 2.44. The molecule has 2 aromatic carbocycles. The molecule has 0 spiro atoms. The van der Waals surface area contributed by atoms with Gasteiger partial charge in [-0.15, -0.1) is 0 Å². The maximum absolute atomic E-state index is 12.5. The van der Waals surface area contributed by atoms with Crippen molar-refractivity contribution in [2.45, 2.75) is 6.92 Å². The maximum atomic E-state index is 12.5. The van der Waals surface area contributed by atoms with E-state index < -0.39 is 0 Å². The van der Waals surface area contributed by atoms with Crippen molar-refractivity contribution in [2.24, 2.45) is 0 Å². The van der Waals surface area contributed by atoms with Gasteiger partial charge in [-0.2, -0.15) is 0 Å². The number of rotatable bonds is 3. The number of hydrogen-bond donors (Lipinski definition) is 1. The molecule has 0 aliphatic carbocycles. The predicted octanol–water partition coefficient (Wildman–Crippen LogP) is 3.59. The lowest BCUT2D eigenvalue weighted by Gasteiger charge is -2.21. The summed E-state index contributed by atoms with van der Waals surface area (Å²) in [6.45, 7) is 2.49. The van der Waals surface area contributed by atoms with E-state index in [2.05, 4.69) is 0 Å². The Morgan fingerprint density at radius 3 is 2.47 bits per heavy atom. The summed E-state index contributed by atoms with van der Waals surface area (Å²) in [5, 5.41) is 0.307. The van der Waals surface area contributed by atoms with Gasteiger partial charge in [0.2, 0.25) is 0 Å². The molecule has 2 rings (SSSR count). The molecule has 0 unspecified atom stereocenters. The highest BCUT2D eigenvalue weighted by Gasteiger charge is 2.19. The van der Waals surface area contributed by atoms with Crippen molar-refractivity contribution in [3.8, 4) is 0 Å². The van der Waals surface area contributed by atoms with Gasteiger partial charge >= 0.3 is 0 Å². The maximum Gasteiger partial charge on any atom is 0.259 e. The number of nitrogens with zero attached hydrogens (tertiary/aromatic N) is 1. The van der Waals surface area contributed by atoms with Crippen LogP contribution in [0.3, 0.4) is 0 Å². The summed E-state index contributed by atoms with van der Waals surface area (Å²) in [6.07, 6.45) is 0. The van der Waals surface area contributed by atoms with Crippen LogP contribution in [0.25, 0.3) is 0 Å². The Hall–Kier alpha value is -2.00. The molecule has 0 saturated heterocycles. The normalized spacial score (nSPS) is 10.2. The zero-order chi connectivity index (χ0) is 13.8. The predicted molar refractivity (Wildman–Crippen MR) is 79.7 cm³/mol. The van der Waals surface area contributed by atoms with Crippen molar-refractivity contribution < 1.29 is 4.79 Å². The number of halogens is 1. The molecule has 0 fully saturated rings. The molecule has 0 radical (unpaired) electrons. The van der Waals surface area contributed by atoms with Gasteiger partial charge in [0, 0.05) is 12.2 Å². The van der Waals surface area contributed by atoms with Gasteiger partial charge in [-0.25, -0.2) is 0 Å². The van der Waals surface area contributed by atoms with E-state index in [0.717, 1.165) is 5.69 Å². The smallest absolute Gasteiger partial charge is 0.259 e. The lowest BCUT2D eigenvalue weighted by Crippen LogP contribution is -2.30. The molecule has 1 amide bonds. The average molecular weight is 275 g/mol. The minimum atomic E-state index is -0.147. The monoisotopic (exact) mass is 274 g/mol. The second kappa shape index (κ2) is 5.76. The van der Waals surface area contributed by atoms with Crippen LogP contribution in [0.2, 0.25) is 5.02 Å². The molecule has 98 valence electrons. The molecule has 3 nitrogen and oxygen atoms in total. The van der Waals surface area contributed by atoms with Gasteiger partial charge < -0.3 is 10.6 Å². The first-order valence-corrected chi connectivity index (χ1v) is 6.43. The van der Waals surface area contributed by atoms with E-state index in [-0.39, 0.29) is 5.91 Å². The van der Waals surface area contributed by atoms with Gasteiger partial charge in [-0.3, -0.25) is 4.79 Å². The van der Waals surface area contributed by atoms with Gasteiger partial charge in [0.25, 0.3) is 5.91 Å². The van der Waals surface area contributed by atoms with Crippen LogP contribution in [-0.4, -0.2) is 12.5 Å². The van der Waals surface area contributed by atoms with Crippen molar-refractivity contribution in [1.29, 1.82) is 0 Å². The number of nitrogens with two attached hydrogens (primary N) is 1. The number of benzene rings is 2. The Labute approximate surface area is 117 Å². The minimum Gasteiger partial charge on any atom is -0.398 e. The second-order valence-electron chi connectivity index (χ2n) is 4.09. The van der Waals surface area contributed by atoms with Crippen molar-refractivity contribution in [3.05, 3.63) is 59.1 Å². The number of carbonyl (C=O) groups is 1. The summed E-state index contributed by atoms with van der Waals surface area (Å²) in [4.78, 5) is 14.2. The molecule has 19 heavy (non-hydrogen) atoms. The van der Waals surface area contributed by atoms with Crippen molar-refractivity contribution >= 4 is 28.9 Å². The zero-order valence-corrected chi connectivity index (χ0v) is 11.4. The summed E-state index contributed by atoms with van der Waals surface area (Å²) in [7, 11) is 0. The molecule has 4 heteroatoms. The van der Waals surface area contributed by atoms with E-state index in [1.165, 1.54) is 0 Å². The molecule has 2 aromatic rings. The fourth-order valence-corrected chi connectivity index (χ4v) is 2.12. The van der Waals surface area contributed by atoms with Crippen molar-refractivity contribution in [3.63, 3.8) is 0 Å². The number of amides is 1. The van der Waals surface area contributed by atoms with E-state index in [1.807, 2.05) is 37.3 Å². The Morgan fingerprint density at radius 1 is 1.16 bits per heavy atom. The second-order valence-corrected chi connectivity index (χ2v) is 4.47. The third kappa shape index (κ3) is 2.71. The van der Waals surface area contributed by atoms with Crippen LogP contribution in [-0.2, 0) is 0 Å². The summed E-state index contributed by atoms with van der Waals surface area (Å²) in [5.74, 6) is -0.147. The molecular formula is C15H15ClN2O. The minimum absolute atomic E-state index is 0.147. The summed E-state index contributed by atoms with van der Waals surface area (Å²) < 4.78 is 0. The van der Waals surface area contributed by atoms with Crippen LogP contribution in [0.4, 0.5) is 11.4 Å². The topological polar surface area (TPSA) is 46.3 Å². The molecule has 2 N–H and O–H groups in total. The zero-order valence-electron chi connectivity index (χ0n) is 10.6. The first-order valence-electron chi connectivity index (χ1n) is 6.06. The van der Waals surface area contributed by atoms with Crippen LogP contribution < -0.4 is 10.6 Å². The molecule has 0 aliphatic heterocycles. The van der Waals surface area contributed by atoms with Gasteiger partial charge in [-0.1, -0.05) is 35.9 Å². The summed E-state index contributed by atoms with van der Waals surface area (Å²) >= 11 is 6.10. The van der Waals surface area contributed by atoms with E-state index in [4.69, 9.17) is 17.3 Å². The van der Waals surface area contributed by atoms with Gasteiger partial charge in [0.15, 0.2) is 0 Å².